The van der Waals surface area contributed by atoms with Crippen LogP contribution in [-0.2, 0) is 32.1 Å². The molecule has 1 heterocycles. The maximum atomic E-state index is 12.7. The summed E-state index contributed by atoms with van der Waals surface area (Å²) in [6, 6.07) is 21.8. The number of rotatable bonds is 11. The SMILES string of the molecule is COc1ccccc1-c1nccc(COc2ccccc2CC(OS(=O)(=O)c2ccc(C)cc2)C(=O)O)n1. The fourth-order valence-electron chi connectivity index (χ4n) is 3.68. The molecule has 0 saturated carbocycles. The molecule has 0 amide bonds. The average Bonchev–Trinajstić information content (AvgIpc) is 2.92. The number of benzene rings is 3. The minimum atomic E-state index is -4.30. The van der Waals surface area contributed by atoms with Gasteiger partial charge >= 0.3 is 5.97 Å². The quantitative estimate of drug-likeness (QED) is 0.278. The van der Waals surface area contributed by atoms with Crippen LogP contribution in [0.1, 0.15) is 16.8 Å². The number of carbonyl (C=O) groups is 1. The first-order chi connectivity index (χ1) is 18.3. The monoisotopic (exact) mass is 534 g/mol. The van der Waals surface area contributed by atoms with Crippen LogP contribution in [0.2, 0.25) is 0 Å². The van der Waals surface area contributed by atoms with Crippen LogP contribution in [-0.4, -0.2) is 42.7 Å². The van der Waals surface area contributed by atoms with Gasteiger partial charge in [0.15, 0.2) is 11.9 Å². The standard InChI is InChI=1S/C28H26N2O7S/c1-19-11-13-22(14-12-19)38(33,34)37-26(28(31)32)17-20-7-3-5-9-24(20)36-18-21-15-16-29-27(30-21)23-8-4-6-10-25(23)35-2/h3-16,26H,17-18H2,1-2H3,(H,31,32). The molecule has 196 valence electrons. The van der Waals surface area contributed by atoms with Crippen molar-refractivity contribution in [1.82, 2.24) is 9.97 Å². The fourth-order valence-corrected chi connectivity index (χ4v) is 4.71. The summed E-state index contributed by atoms with van der Waals surface area (Å²) in [7, 11) is -2.72. The third kappa shape index (κ3) is 6.53. The lowest BCUT2D eigenvalue weighted by Gasteiger charge is -2.16. The number of carboxylic acids is 1. The van der Waals surface area contributed by atoms with Crippen molar-refractivity contribution in [2.24, 2.45) is 0 Å². The smallest absolute Gasteiger partial charge is 0.334 e. The van der Waals surface area contributed by atoms with Gasteiger partial charge in [-0.05, 0) is 48.9 Å². The molecule has 1 atom stereocenters. The summed E-state index contributed by atoms with van der Waals surface area (Å²) in [5, 5.41) is 9.71. The zero-order valence-corrected chi connectivity index (χ0v) is 21.6. The molecule has 38 heavy (non-hydrogen) atoms. The summed E-state index contributed by atoms with van der Waals surface area (Å²) in [6.07, 6.45) is -0.265. The second-order valence-corrected chi connectivity index (χ2v) is 9.93. The molecule has 1 unspecified atom stereocenters. The van der Waals surface area contributed by atoms with Crippen molar-refractivity contribution in [3.05, 3.63) is 102 Å². The molecule has 0 aliphatic carbocycles. The van der Waals surface area contributed by atoms with E-state index < -0.39 is 22.2 Å². The average molecular weight is 535 g/mol. The predicted octanol–water partition coefficient (Wildman–Crippen LogP) is 4.44. The van der Waals surface area contributed by atoms with Gasteiger partial charge in [-0.15, -0.1) is 0 Å². The maximum absolute atomic E-state index is 12.7. The van der Waals surface area contributed by atoms with E-state index in [1.807, 2.05) is 31.2 Å². The van der Waals surface area contributed by atoms with E-state index in [9.17, 15) is 18.3 Å². The minimum Gasteiger partial charge on any atom is -0.496 e. The molecule has 0 bridgehead atoms. The molecule has 1 N–H and O–H groups in total. The van der Waals surface area contributed by atoms with Crippen LogP contribution in [0.5, 0.6) is 11.5 Å². The van der Waals surface area contributed by atoms with E-state index in [1.165, 1.54) is 12.1 Å². The van der Waals surface area contributed by atoms with E-state index in [2.05, 4.69) is 9.97 Å². The fraction of sp³-hybridized carbons (Fsp3) is 0.179. The Morgan fingerprint density at radius 1 is 0.947 bits per heavy atom. The predicted molar refractivity (Wildman–Crippen MR) is 139 cm³/mol. The maximum Gasteiger partial charge on any atom is 0.334 e. The highest BCUT2D eigenvalue weighted by Crippen LogP contribution is 2.27. The first-order valence-electron chi connectivity index (χ1n) is 11.7. The number of hydrogen-bond donors (Lipinski definition) is 1. The molecule has 9 nitrogen and oxygen atoms in total. The van der Waals surface area contributed by atoms with Crippen LogP contribution < -0.4 is 9.47 Å². The van der Waals surface area contributed by atoms with Gasteiger partial charge in [-0.2, -0.15) is 8.42 Å². The Morgan fingerprint density at radius 3 is 2.34 bits per heavy atom. The molecule has 0 saturated heterocycles. The highest BCUT2D eigenvalue weighted by Gasteiger charge is 2.28. The van der Waals surface area contributed by atoms with E-state index in [1.54, 1.807) is 55.8 Å². The summed E-state index contributed by atoms with van der Waals surface area (Å²) in [5.74, 6) is 0.0778. The highest BCUT2D eigenvalue weighted by molar-refractivity contribution is 7.86. The number of aromatic nitrogens is 2. The molecular formula is C28H26N2O7S. The molecule has 0 radical (unpaired) electrons. The van der Waals surface area contributed by atoms with Crippen LogP contribution in [0, 0.1) is 6.92 Å². The summed E-state index contributed by atoms with van der Waals surface area (Å²) in [5.41, 5.74) is 2.65. The summed E-state index contributed by atoms with van der Waals surface area (Å²) in [6.45, 7) is 1.89. The van der Waals surface area contributed by atoms with Gasteiger partial charge in [0, 0.05) is 12.6 Å². The van der Waals surface area contributed by atoms with Crippen molar-refractivity contribution >= 4 is 16.1 Å². The van der Waals surface area contributed by atoms with Crippen LogP contribution in [0.3, 0.4) is 0 Å². The number of methoxy groups -OCH3 is 1. The minimum absolute atomic E-state index is 0.0714. The molecule has 4 aromatic rings. The lowest BCUT2D eigenvalue weighted by Crippen LogP contribution is -2.29. The molecule has 1 aromatic heterocycles. The Morgan fingerprint density at radius 2 is 1.63 bits per heavy atom. The van der Waals surface area contributed by atoms with Crippen molar-refractivity contribution in [1.29, 1.82) is 0 Å². The van der Waals surface area contributed by atoms with Crippen LogP contribution in [0.4, 0.5) is 0 Å². The number of aliphatic carboxylic acids is 1. The molecule has 3 aromatic carbocycles. The molecular weight excluding hydrogens is 508 g/mol. The molecule has 10 heteroatoms. The number of hydrogen-bond acceptors (Lipinski definition) is 8. The lowest BCUT2D eigenvalue weighted by atomic mass is 10.1. The third-order valence-electron chi connectivity index (χ3n) is 5.64. The Bertz CT molecular complexity index is 1520. The highest BCUT2D eigenvalue weighted by atomic mass is 32.2. The Hall–Kier alpha value is -4.28. The van der Waals surface area contributed by atoms with E-state index in [0.29, 0.717) is 28.6 Å². The second kappa shape index (κ2) is 11.8. The van der Waals surface area contributed by atoms with Gasteiger partial charge < -0.3 is 14.6 Å². The Labute approximate surface area is 220 Å². The zero-order chi connectivity index (χ0) is 27.1. The van der Waals surface area contributed by atoms with Crippen LogP contribution in [0.25, 0.3) is 11.4 Å². The molecule has 0 aliphatic heterocycles. The van der Waals surface area contributed by atoms with Crippen molar-refractivity contribution in [3.8, 4) is 22.9 Å². The van der Waals surface area contributed by atoms with Crippen molar-refractivity contribution in [2.45, 2.75) is 31.0 Å². The number of aryl methyl sites for hydroxylation is 1. The van der Waals surface area contributed by atoms with Gasteiger partial charge in [-0.1, -0.05) is 48.0 Å². The molecule has 0 fully saturated rings. The molecule has 4 rings (SSSR count). The summed E-state index contributed by atoms with van der Waals surface area (Å²) >= 11 is 0. The van der Waals surface area contributed by atoms with E-state index in [4.69, 9.17) is 13.7 Å². The number of nitrogens with zero attached hydrogens (tertiary/aromatic N) is 2. The first kappa shape index (κ1) is 26.8. The van der Waals surface area contributed by atoms with Gasteiger partial charge in [0.25, 0.3) is 10.1 Å². The number of carboxylic acid groups (broad SMARTS) is 1. The molecule has 0 spiro atoms. The van der Waals surface area contributed by atoms with Gasteiger partial charge in [0.2, 0.25) is 0 Å². The van der Waals surface area contributed by atoms with Crippen LogP contribution in [0.15, 0.2) is 90.0 Å². The zero-order valence-electron chi connectivity index (χ0n) is 20.8. The van der Waals surface area contributed by atoms with Gasteiger partial charge in [-0.3, -0.25) is 4.18 Å². The summed E-state index contributed by atoms with van der Waals surface area (Å²) in [4.78, 5) is 20.7. The van der Waals surface area contributed by atoms with Crippen molar-refractivity contribution < 1.29 is 32.0 Å². The van der Waals surface area contributed by atoms with Crippen molar-refractivity contribution in [3.63, 3.8) is 0 Å². The summed E-state index contributed by atoms with van der Waals surface area (Å²) < 4.78 is 41.9. The van der Waals surface area contributed by atoms with Crippen LogP contribution >= 0.6 is 0 Å². The van der Waals surface area contributed by atoms with Gasteiger partial charge in [0.1, 0.15) is 18.1 Å². The van der Waals surface area contributed by atoms with E-state index >= 15 is 0 Å². The van der Waals surface area contributed by atoms with Crippen molar-refractivity contribution in [2.75, 3.05) is 7.11 Å². The normalized spacial score (nSPS) is 12.1. The van der Waals surface area contributed by atoms with E-state index in [0.717, 1.165) is 11.1 Å². The number of ether oxygens (including phenoxy) is 2. The third-order valence-corrected chi connectivity index (χ3v) is 6.98. The second-order valence-electron chi connectivity index (χ2n) is 8.36. The Kier molecular flexibility index (Phi) is 8.35. The first-order valence-corrected chi connectivity index (χ1v) is 13.1. The van der Waals surface area contributed by atoms with E-state index in [-0.39, 0.29) is 17.9 Å². The molecule has 0 aliphatic rings. The van der Waals surface area contributed by atoms with Gasteiger partial charge in [0.05, 0.1) is 23.3 Å². The topological polar surface area (TPSA) is 125 Å². The van der Waals surface area contributed by atoms with Gasteiger partial charge in [-0.25, -0.2) is 14.8 Å². The Balaban J connectivity index is 1.50. The lowest BCUT2D eigenvalue weighted by molar-refractivity contribution is -0.144. The largest absolute Gasteiger partial charge is 0.496 e. The number of para-hydroxylation sites is 2.